The Bertz CT molecular complexity index is 521. The molecule has 1 aromatic rings. The Morgan fingerprint density at radius 3 is 2.42 bits per heavy atom. The summed E-state index contributed by atoms with van der Waals surface area (Å²) < 4.78 is -0.698. The van der Waals surface area contributed by atoms with E-state index in [1.54, 1.807) is 6.07 Å². The van der Waals surface area contributed by atoms with E-state index in [1.807, 2.05) is 32.9 Å². The first-order valence-corrected chi connectivity index (χ1v) is 7.02. The molecule has 1 aliphatic rings. The van der Waals surface area contributed by atoms with Crippen LogP contribution >= 0.6 is 23.2 Å². The highest BCUT2D eigenvalue weighted by Crippen LogP contribution is 2.55. The molecule has 0 amide bonds. The Labute approximate surface area is 123 Å². The smallest absolute Gasteiger partial charge is 0.258 e. The summed E-state index contributed by atoms with van der Waals surface area (Å²) in [6.07, 6.45) is 1.27. The van der Waals surface area contributed by atoms with Crippen molar-refractivity contribution in [1.29, 1.82) is 0 Å². The molecule has 3 nitrogen and oxygen atoms in total. The van der Waals surface area contributed by atoms with Gasteiger partial charge in [0.25, 0.3) is 5.69 Å². The number of alkyl halides is 2. The van der Waals surface area contributed by atoms with Gasteiger partial charge in [0.05, 0.1) is 4.92 Å². The number of hydrogen-bond acceptors (Lipinski definition) is 2. The third-order valence-electron chi connectivity index (χ3n) is 3.57. The van der Waals surface area contributed by atoms with Gasteiger partial charge in [-0.3, -0.25) is 10.1 Å². The van der Waals surface area contributed by atoms with E-state index < -0.39 is 4.33 Å². The third kappa shape index (κ3) is 3.21. The molecule has 19 heavy (non-hydrogen) atoms. The summed E-state index contributed by atoms with van der Waals surface area (Å²) in [6, 6.07) is 5.46. The topological polar surface area (TPSA) is 43.1 Å². The minimum Gasteiger partial charge on any atom is -0.258 e. The van der Waals surface area contributed by atoms with Crippen LogP contribution in [0.4, 0.5) is 5.69 Å². The molecule has 1 atom stereocenters. The number of benzene rings is 1. The average molecular weight is 302 g/mol. The number of nitro groups is 1. The van der Waals surface area contributed by atoms with Gasteiger partial charge in [-0.05, 0) is 29.7 Å². The van der Waals surface area contributed by atoms with E-state index >= 15 is 0 Å². The molecule has 0 aromatic heterocycles. The SMILES string of the molecule is CC(C)(C)c1ccc(C[C@H]2CC2(Cl)Cl)c([N+](=O)[O-])c1. The number of halogens is 2. The van der Waals surface area contributed by atoms with Crippen molar-refractivity contribution >= 4 is 28.9 Å². The molecule has 2 rings (SSSR count). The van der Waals surface area contributed by atoms with Gasteiger partial charge in [-0.1, -0.05) is 32.9 Å². The van der Waals surface area contributed by atoms with Crippen LogP contribution in [0.15, 0.2) is 18.2 Å². The second-order valence-corrected chi connectivity index (χ2v) is 7.76. The monoisotopic (exact) mass is 301 g/mol. The van der Waals surface area contributed by atoms with Crippen molar-refractivity contribution in [1.82, 2.24) is 0 Å². The van der Waals surface area contributed by atoms with Crippen LogP contribution in [0.3, 0.4) is 0 Å². The van der Waals surface area contributed by atoms with Crippen LogP contribution in [0.1, 0.15) is 38.3 Å². The maximum absolute atomic E-state index is 11.2. The zero-order valence-electron chi connectivity index (χ0n) is 11.2. The quantitative estimate of drug-likeness (QED) is 0.464. The van der Waals surface area contributed by atoms with Crippen molar-refractivity contribution in [2.75, 3.05) is 0 Å². The van der Waals surface area contributed by atoms with Gasteiger partial charge < -0.3 is 0 Å². The maximum atomic E-state index is 11.2. The van der Waals surface area contributed by atoms with E-state index in [0.29, 0.717) is 18.4 Å². The lowest BCUT2D eigenvalue weighted by molar-refractivity contribution is -0.385. The lowest BCUT2D eigenvalue weighted by atomic mass is 9.86. The highest BCUT2D eigenvalue weighted by molar-refractivity contribution is 6.50. The second kappa shape index (κ2) is 4.64. The molecule has 0 saturated heterocycles. The molecule has 1 aromatic carbocycles. The minimum absolute atomic E-state index is 0.106. The van der Waals surface area contributed by atoms with Gasteiger partial charge in [-0.15, -0.1) is 23.2 Å². The van der Waals surface area contributed by atoms with Gasteiger partial charge in [0, 0.05) is 11.6 Å². The Morgan fingerprint density at radius 1 is 1.42 bits per heavy atom. The molecule has 0 aliphatic heterocycles. The van der Waals surface area contributed by atoms with Crippen LogP contribution in [0.5, 0.6) is 0 Å². The van der Waals surface area contributed by atoms with Crippen molar-refractivity contribution in [3.05, 3.63) is 39.4 Å². The predicted molar refractivity (Wildman–Crippen MR) is 78.0 cm³/mol. The molecule has 104 valence electrons. The van der Waals surface area contributed by atoms with Gasteiger partial charge in [-0.25, -0.2) is 0 Å². The molecule has 0 bridgehead atoms. The largest absolute Gasteiger partial charge is 0.272 e. The van der Waals surface area contributed by atoms with Crippen LogP contribution in [-0.4, -0.2) is 9.26 Å². The average Bonchev–Trinajstić information content (AvgIpc) is 2.84. The zero-order chi connectivity index (χ0) is 14.4. The van der Waals surface area contributed by atoms with Crippen LogP contribution in [0, 0.1) is 16.0 Å². The molecular formula is C14H17Cl2NO2. The van der Waals surface area contributed by atoms with E-state index in [9.17, 15) is 10.1 Å². The Balaban J connectivity index is 2.31. The highest BCUT2D eigenvalue weighted by Gasteiger charge is 2.51. The van der Waals surface area contributed by atoms with Crippen molar-refractivity contribution in [2.24, 2.45) is 5.92 Å². The molecule has 1 fully saturated rings. The molecule has 0 spiro atoms. The van der Waals surface area contributed by atoms with Crippen molar-refractivity contribution < 1.29 is 4.92 Å². The van der Waals surface area contributed by atoms with Crippen molar-refractivity contribution in [2.45, 2.75) is 43.4 Å². The summed E-state index contributed by atoms with van der Waals surface area (Å²) in [7, 11) is 0. The molecule has 0 unspecified atom stereocenters. The summed E-state index contributed by atoms with van der Waals surface area (Å²) in [4.78, 5) is 10.9. The molecule has 0 N–H and O–H groups in total. The number of rotatable bonds is 3. The van der Waals surface area contributed by atoms with Gasteiger partial charge in [0.1, 0.15) is 4.33 Å². The highest BCUT2D eigenvalue weighted by atomic mass is 35.5. The van der Waals surface area contributed by atoms with Crippen molar-refractivity contribution in [3.63, 3.8) is 0 Å². The lowest BCUT2D eigenvalue weighted by Crippen LogP contribution is -2.12. The molecule has 5 heteroatoms. The van der Waals surface area contributed by atoms with E-state index in [-0.39, 0.29) is 21.9 Å². The van der Waals surface area contributed by atoms with Gasteiger partial charge in [0.15, 0.2) is 0 Å². The van der Waals surface area contributed by atoms with Crippen LogP contribution in [0.2, 0.25) is 0 Å². The number of hydrogen-bond donors (Lipinski definition) is 0. The Kier molecular flexibility index (Phi) is 3.56. The fraction of sp³-hybridized carbons (Fsp3) is 0.571. The first-order chi connectivity index (χ1) is 8.61. The summed E-state index contributed by atoms with van der Waals surface area (Å²) in [5.41, 5.74) is 1.74. The number of nitro benzene ring substituents is 1. The third-order valence-corrected chi connectivity index (χ3v) is 4.50. The first kappa shape index (κ1) is 14.6. The number of nitrogens with zero attached hydrogens (tertiary/aromatic N) is 1. The molecule has 1 aliphatic carbocycles. The Hall–Kier alpha value is -0.800. The molecule has 0 heterocycles. The maximum Gasteiger partial charge on any atom is 0.272 e. The summed E-state index contributed by atoms with van der Waals surface area (Å²) in [6.45, 7) is 6.11. The van der Waals surface area contributed by atoms with Crippen LogP contribution in [0.25, 0.3) is 0 Å². The van der Waals surface area contributed by atoms with Gasteiger partial charge in [-0.2, -0.15) is 0 Å². The van der Waals surface area contributed by atoms with E-state index in [2.05, 4.69) is 0 Å². The fourth-order valence-corrected chi connectivity index (χ4v) is 2.66. The van der Waals surface area contributed by atoms with E-state index in [1.165, 1.54) is 0 Å². The standard InChI is InChI=1S/C14H17Cl2NO2/c1-13(2,3)10-5-4-9(12(7-10)17(18)19)6-11-8-14(11,15)16/h4-5,7,11H,6,8H2,1-3H3/t11-/m0/s1. The van der Waals surface area contributed by atoms with Gasteiger partial charge >= 0.3 is 0 Å². The van der Waals surface area contributed by atoms with Gasteiger partial charge in [0.2, 0.25) is 0 Å². The molecule has 0 radical (unpaired) electrons. The lowest BCUT2D eigenvalue weighted by Gasteiger charge is -2.19. The summed E-state index contributed by atoms with van der Waals surface area (Å²) >= 11 is 12.0. The zero-order valence-corrected chi connectivity index (χ0v) is 12.8. The van der Waals surface area contributed by atoms with E-state index in [0.717, 1.165) is 5.56 Å². The minimum atomic E-state index is -0.698. The Morgan fingerprint density at radius 2 is 2.00 bits per heavy atom. The first-order valence-electron chi connectivity index (χ1n) is 6.27. The van der Waals surface area contributed by atoms with E-state index in [4.69, 9.17) is 23.2 Å². The molecule has 1 saturated carbocycles. The molecular weight excluding hydrogens is 285 g/mol. The normalized spacial score (nSPS) is 21.2. The second-order valence-electron chi connectivity index (χ2n) is 6.22. The predicted octanol–water partition coefficient (Wildman–Crippen LogP) is 4.63. The van der Waals surface area contributed by atoms with Crippen molar-refractivity contribution in [3.8, 4) is 0 Å². The summed E-state index contributed by atoms with van der Waals surface area (Å²) in [5.74, 6) is 0.120. The fourth-order valence-electron chi connectivity index (χ4n) is 2.13. The van der Waals surface area contributed by atoms with Crippen LogP contribution < -0.4 is 0 Å². The summed E-state index contributed by atoms with van der Waals surface area (Å²) in [5, 5.41) is 11.2. The van der Waals surface area contributed by atoms with Crippen LogP contribution in [-0.2, 0) is 11.8 Å².